The summed E-state index contributed by atoms with van der Waals surface area (Å²) in [6.45, 7) is 6.54. The van der Waals surface area contributed by atoms with Gasteiger partial charge in [0.05, 0.1) is 22.4 Å². The van der Waals surface area contributed by atoms with Gasteiger partial charge in [0, 0.05) is 32.8 Å². The maximum absolute atomic E-state index is 4.60. The lowest BCUT2D eigenvalue weighted by Crippen LogP contribution is -2.13. The van der Waals surface area contributed by atoms with Crippen LogP contribution in [-0.4, -0.2) is 14.5 Å². The average molecular weight is 428 g/mol. The summed E-state index contributed by atoms with van der Waals surface area (Å²) in [5.74, 6) is 0. The van der Waals surface area contributed by atoms with E-state index in [1.807, 2.05) is 0 Å². The Morgan fingerprint density at radius 3 is 2.21 bits per heavy atom. The molecule has 0 spiro atoms. The first-order chi connectivity index (χ1) is 16.0. The quantitative estimate of drug-likeness (QED) is 0.283. The number of para-hydroxylation sites is 1. The van der Waals surface area contributed by atoms with Gasteiger partial charge in [-0.15, -0.1) is 0 Å². The van der Waals surface area contributed by atoms with Gasteiger partial charge in [-0.1, -0.05) is 81.4 Å². The van der Waals surface area contributed by atoms with Crippen molar-refractivity contribution in [2.75, 3.05) is 0 Å². The molecule has 0 aliphatic rings. The molecule has 2 aromatic heterocycles. The average Bonchev–Trinajstić information content (AvgIpc) is 3.17. The molecule has 0 fully saturated rings. The lowest BCUT2D eigenvalue weighted by molar-refractivity contribution is 0.567. The van der Waals surface area contributed by atoms with E-state index in [0.717, 1.165) is 17.0 Å². The van der Waals surface area contributed by atoms with Crippen LogP contribution in [0.4, 0.5) is 0 Å². The second kappa shape index (κ2) is 7.28. The number of hydrogen-bond acceptors (Lipinski definition) is 2. The molecule has 4 aromatic carbocycles. The maximum Gasteiger partial charge on any atom is 0.116 e. The van der Waals surface area contributed by atoms with Gasteiger partial charge in [-0.2, -0.15) is 0 Å². The second-order valence-corrected chi connectivity index (χ2v) is 9.62. The van der Waals surface area contributed by atoms with Crippen LogP contribution in [0, 0.1) is 0 Å². The Bertz CT molecular complexity index is 1650. The Morgan fingerprint density at radius 2 is 1.36 bits per heavy atom. The van der Waals surface area contributed by atoms with Crippen LogP contribution >= 0.6 is 0 Å². The van der Waals surface area contributed by atoms with Gasteiger partial charge >= 0.3 is 0 Å². The minimum absolute atomic E-state index is 0.0216. The summed E-state index contributed by atoms with van der Waals surface area (Å²) in [5.41, 5.74) is 6.69. The molecule has 0 aliphatic carbocycles. The largest absolute Gasteiger partial charge is 0.309 e. The molecular formula is C30H25N3. The van der Waals surface area contributed by atoms with E-state index in [4.69, 9.17) is 0 Å². The molecule has 0 saturated heterocycles. The highest BCUT2D eigenvalue weighted by molar-refractivity contribution is 6.11. The molecule has 3 heteroatoms. The van der Waals surface area contributed by atoms with Crippen molar-refractivity contribution in [3.05, 3.63) is 103 Å². The van der Waals surface area contributed by atoms with Gasteiger partial charge in [-0.05, 0) is 35.7 Å². The zero-order chi connectivity index (χ0) is 22.6. The van der Waals surface area contributed by atoms with Crippen LogP contribution in [0.3, 0.4) is 0 Å². The maximum atomic E-state index is 4.60. The van der Waals surface area contributed by atoms with Crippen LogP contribution in [0.15, 0.2) is 97.3 Å². The first kappa shape index (κ1) is 19.7. The zero-order valence-electron chi connectivity index (χ0n) is 19.1. The van der Waals surface area contributed by atoms with E-state index in [2.05, 4.69) is 126 Å². The minimum atomic E-state index is -0.0216. The molecular weight excluding hydrogens is 402 g/mol. The van der Waals surface area contributed by atoms with Crippen molar-refractivity contribution in [1.29, 1.82) is 0 Å². The summed E-state index contributed by atoms with van der Waals surface area (Å²) in [5, 5.41) is 4.96. The molecule has 0 atom stereocenters. The van der Waals surface area contributed by atoms with E-state index >= 15 is 0 Å². The van der Waals surface area contributed by atoms with Gasteiger partial charge in [0.15, 0.2) is 0 Å². The summed E-state index contributed by atoms with van der Waals surface area (Å²) in [6.07, 6.45) is 1.68. The van der Waals surface area contributed by atoms with Gasteiger partial charge < -0.3 is 4.57 Å². The van der Waals surface area contributed by atoms with E-state index < -0.39 is 0 Å². The highest BCUT2D eigenvalue weighted by Gasteiger charge is 2.18. The van der Waals surface area contributed by atoms with Gasteiger partial charge in [-0.25, -0.2) is 9.97 Å². The van der Waals surface area contributed by atoms with Gasteiger partial charge in [0.25, 0.3) is 0 Å². The first-order valence-corrected chi connectivity index (χ1v) is 11.3. The van der Waals surface area contributed by atoms with Crippen molar-refractivity contribution >= 4 is 32.6 Å². The smallest absolute Gasteiger partial charge is 0.116 e. The first-order valence-electron chi connectivity index (χ1n) is 11.3. The van der Waals surface area contributed by atoms with Crippen LogP contribution < -0.4 is 0 Å². The topological polar surface area (TPSA) is 30.7 Å². The third-order valence-electron chi connectivity index (χ3n) is 6.41. The van der Waals surface area contributed by atoms with E-state index in [1.54, 1.807) is 6.33 Å². The van der Waals surface area contributed by atoms with Crippen LogP contribution in [0.5, 0.6) is 0 Å². The fourth-order valence-corrected chi connectivity index (χ4v) is 4.72. The molecule has 33 heavy (non-hydrogen) atoms. The lowest BCUT2D eigenvalue weighted by atomic mass is 9.91. The van der Waals surface area contributed by atoms with E-state index in [9.17, 15) is 0 Å². The molecule has 160 valence electrons. The van der Waals surface area contributed by atoms with Crippen molar-refractivity contribution in [3.8, 4) is 16.9 Å². The molecule has 0 radical (unpaired) electrons. The summed E-state index contributed by atoms with van der Waals surface area (Å²) in [6, 6.07) is 32.5. The molecule has 6 aromatic rings. The number of rotatable bonds is 2. The van der Waals surface area contributed by atoms with E-state index in [1.165, 1.54) is 38.3 Å². The van der Waals surface area contributed by atoms with Crippen LogP contribution in [-0.2, 0) is 5.41 Å². The molecule has 0 unspecified atom stereocenters. The number of aromatic nitrogens is 3. The fourth-order valence-electron chi connectivity index (χ4n) is 4.72. The number of benzene rings is 4. The molecule has 0 N–H and O–H groups in total. The third-order valence-corrected chi connectivity index (χ3v) is 6.41. The van der Waals surface area contributed by atoms with E-state index in [-0.39, 0.29) is 5.41 Å². The standard InChI is InChI=1S/C30H25N3/c1-30(2,3)29-18-25(31-19-32-29)21-15-16-28-24(17-21)23-12-6-7-13-27(23)33(28)26-14-8-10-20-9-4-5-11-22(20)26/h4-19H,1-3H3. The Balaban J connectivity index is 1.63. The van der Waals surface area contributed by atoms with Crippen LogP contribution in [0.1, 0.15) is 26.5 Å². The van der Waals surface area contributed by atoms with Crippen molar-refractivity contribution in [2.24, 2.45) is 0 Å². The van der Waals surface area contributed by atoms with Crippen LogP contribution in [0.2, 0.25) is 0 Å². The number of nitrogens with zero attached hydrogens (tertiary/aromatic N) is 3. The Labute approximate surface area is 193 Å². The van der Waals surface area contributed by atoms with Gasteiger partial charge in [-0.3, -0.25) is 0 Å². The Morgan fingerprint density at radius 1 is 0.636 bits per heavy atom. The molecule has 0 bridgehead atoms. The minimum Gasteiger partial charge on any atom is -0.309 e. The van der Waals surface area contributed by atoms with E-state index in [0.29, 0.717) is 0 Å². The third kappa shape index (κ3) is 3.20. The highest BCUT2D eigenvalue weighted by atomic mass is 15.0. The molecule has 3 nitrogen and oxygen atoms in total. The molecule has 0 aliphatic heterocycles. The molecule has 2 heterocycles. The van der Waals surface area contributed by atoms with Crippen LogP contribution in [0.25, 0.3) is 49.5 Å². The molecule has 0 amide bonds. The normalized spacial score (nSPS) is 12.1. The van der Waals surface area contributed by atoms with Crippen molar-refractivity contribution in [3.63, 3.8) is 0 Å². The number of hydrogen-bond donors (Lipinski definition) is 0. The molecule has 0 saturated carbocycles. The second-order valence-electron chi connectivity index (χ2n) is 9.62. The molecule has 6 rings (SSSR count). The summed E-state index contributed by atoms with van der Waals surface area (Å²) in [7, 11) is 0. The fraction of sp³-hybridized carbons (Fsp3) is 0.133. The summed E-state index contributed by atoms with van der Waals surface area (Å²) >= 11 is 0. The SMILES string of the molecule is CC(C)(C)c1cc(-c2ccc3c(c2)c2ccccc2n3-c2cccc3ccccc23)ncn1. The summed E-state index contributed by atoms with van der Waals surface area (Å²) in [4.78, 5) is 9.10. The zero-order valence-corrected chi connectivity index (χ0v) is 19.1. The number of fused-ring (bicyclic) bond motifs is 4. The van der Waals surface area contributed by atoms with Gasteiger partial charge in [0.1, 0.15) is 6.33 Å². The lowest BCUT2D eigenvalue weighted by Gasteiger charge is -2.17. The monoisotopic (exact) mass is 427 g/mol. The Hall–Kier alpha value is -3.98. The Kier molecular flexibility index (Phi) is 4.34. The van der Waals surface area contributed by atoms with Crippen molar-refractivity contribution in [1.82, 2.24) is 14.5 Å². The highest BCUT2D eigenvalue weighted by Crippen LogP contribution is 2.36. The predicted molar refractivity (Wildman–Crippen MR) is 138 cm³/mol. The van der Waals surface area contributed by atoms with Crippen molar-refractivity contribution in [2.45, 2.75) is 26.2 Å². The van der Waals surface area contributed by atoms with Gasteiger partial charge in [0.2, 0.25) is 0 Å². The van der Waals surface area contributed by atoms with Crippen molar-refractivity contribution < 1.29 is 0 Å². The summed E-state index contributed by atoms with van der Waals surface area (Å²) < 4.78 is 2.39. The predicted octanol–water partition coefficient (Wildman–Crippen LogP) is 7.69.